The molecule has 0 spiro atoms. The molecule has 0 bridgehead atoms. The van der Waals surface area contributed by atoms with Gasteiger partial charge in [0.05, 0.1) is 0 Å². The molecule has 0 saturated heterocycles. The summed E-state index contributed by atoms with van der Waals surface area (Å²) in [6.07, 6.45) is 0. The minimum Gasteiger partial charge on any atom is -1.00 e. The second kappa shape index (κ2) is 7.61. The van der Waals surface area contributed by atoms with Crippen molar-refractivity contribution in [2.24, 2.45) is 10.8 Å². The van der Waals surface area contributed by atoms with Gasteiger partial charge in [-0.3, -0.25) is 0 Å². The van der Waals surface area contributed by atoms with Crippen molar-refractivity contribution in [3.8, 4) is 0 Å². The van der Waals surface area contributed by atoms with Gasteiger partial charge in [-0.25, -0.2) is 0 Å². The van der Waals surface area contributed by atoms with E-state index in [1.54, 1.807) is 33.4 Å². The predicted octanol–water partition coefficient (Wildman–Crippen LogP) is -0.807. The Kier molecular flexibility index (Phi) is 7.76. The number of rotatable bonds is 2. The molecule has 4 heteroatoms. The maximum atomic E-state index is 2.47. The van der Waals surface area contributed by atoms with Crippen LogP contribution in [0.4, 0.5) is 0 Å². The Labute approximate surface area is 170 Å². The average molecular weight is 420 g/mol. The fourth-order valence-electron chi connectivity index (χ4n) is 4.81. The molecule has 0 unspecified atom stereocenters. The van der Waals surface area contributed by atoms with Crippen molar-refractivity contribution in [2.75, 3.05) is 0 Å². The van der Waals surface area contributed by atoms with Gasteiger partial charge in [-0.2, -0.15) is 0 Å². The van der Waals surface area contributed by atoms with E-state index in [-0.39, 0.29) is 24.8 Å². The molecule has 2 aliphatic rings. The zero-order valence-electron chi connectivity index (χ0n) is 17.3. The van der Waals surface area contributed by atoms with Crippen LogP contribution in [0.25, 0.3) is 0 Å². The van der Waals surface area contributed by atoms with E-state index in [0.717, 1.165) is 0 Å². The molecule has 0 atom stereocenters. The molecule has 0 aliphatic heterocycles. The molecule has 0 heterocycles. The largest absolute Gasteiger partial charge is 1.00 e. The van der Waals surface area contributed by atoms with Crippen molar-refractivity contribution >= 4 is 8.11 Å². The maximum absolute atomic E-state index is 2.47. The van der Waals surface area contributed by atoms with Crippen molar-refractivity contribution in [2.45, 2.75) is 69.2 Å². The van der Waals surface area contributed by atoms with Gasteiger partial charge in [-0.05, 0) is 0 Å². The van der Waals surface area contributed by atoms with Gasteiger partial charge in [0.2, 0.25) is 0 Å². The van der Waals surface area contributed by atoms with Crippen molar-refractivity contribution < 1.29 is 41.9 Å². The summed E-state index contributed by atoms with van der Waals surface area (Å²) in [5.74, 6) is 0. The summed E-state index contributed by atoms with van der Waals surface area (Å²) in [6.45, 7) is 24.0. The van der Waals surface area contributed by atoms with Crippen molar-refractivity contribution in [3.63, 3.8) is 0 Å². The third kappa shape index (κ3) is 3.25. The normalized spacial score (nSPS) is 22.2. The van der Waals surface area contributed by atoms with Crippen LogP contribution in [0.3, 0.4) is 0 Å². The first kappa shape index (κ1) is 24.5. The van der Waals surface area contributed by atoms with Crippen LogP contribution in [-0.4, -0.2) is 8.11 Å². The van der Waals surface area contributed by atoms with E-state index in [1.165, 1.54) is 8.11 Å². The average Bonchev–Trinajstić information content (AvgIpc) is 2.66. The van der Waals surface area contributed by atoms with Crippen molar-refractivity contribution in [3.05, 3.63) is 41.2 Å². The van der Waals surface area contributed by atoms with E-state index in [1.807, 2.05) is 7.76 Å². The van der Waals surface area contributed by atoms with Crippen LogP contribution in [-0.2, 0) is 17.1 Å². The zero-order valence-corrected chi connectivity index (χ0v) is 22.3. The van der Waals surface area contributed by atoms with E-state index < -0.39 is 17.1 Å². The number of hydrogen-bond donors (Lipinski definition) is 0. The summed E-state index contributed by atoms with van der Waals surface area (Å²) in [5, 5.41) is 0. The predicted molar refractivity (Wildman–Crippen MR) is 99.6 cm³/mol. The number of halogens is 2. The van der Waals surface area contributed by atoms with Crippen LogP contribution in [0.1, 0.15) is 69.2 Å². The molecule has 2 rings (SSSR count). The SMILES string of the molecule is CC1=C(C)C(C)(C)[C]([Ti+2]([SiH3])[C]2=C(C)C(C)=C(C)C2(C)C)=C1C.[Cl-].[Cl-]. The summed E-state index contributed by atoms with van der Waals surface area (Å²) in [4.78, 5) is 0. The van der Waals surface area contributed by atoms with Gasteiger partial charge in [-0.1, -0.05) is 0 Å². The van der Waals surface area contributed by atoms with Crippen LogP contribution >= 0.6 is 0 Å². The fourth-order valence-corrected chi connectivity index (χ4v) is 19.3. The second-order valence-electron chi connectivity index (χ2n) is 8.38. The number of allylic oxidation sites excluding steroid dienone is 8. The maximum Gasteiger partial charge on any atom is -1.00 e. The third-order valence-corrected chi connectivity index (χ3v) is 16.5. The Balaban J connectivity index is 0.00000264. The summed E-state index contributed by atoms with van der Waals surface area (Å²) < 4.78 is 3.72. The molecule has 0 fully saturated rings. The molecule has 24 heavy (non-hydrogen) atoms. The Morgan fingerprint density at radius 2 is 0.833 bits per heavy atom. The Morgan fingerprint density at radius 3 is 1.00 bits per heavy atom. The summed E-state index contributed by atoms with van der Waals surface area (Å²) in [5.41, 5.74) is 10.2. The van der Waals surface area contributed by atoms with Gasteiger partial charge in [0.1, 0.15) is 0 Å². The van der Waals surface area contributed by atoms with Crippen LogP contribution in [0.2, 0.25) is 0 Å². The smallest absolute Gasteiger partial charge is 1.00 e. The van der Waals surface area contributed by atoms with Crippen LogP contribution in [0, 0.1) is 10.8 Å². The third-order valence-electron chi connectivity index (χ3n) is 6.88. The first-order chi connectivity index (χ1) is 9.86. The van der Waals surface area contributed by atoms with Crippen molar-refractivity contribution in [1.29, 1.82) is 0 Å². The summed E-state index contributed by atoms with van der Waals surface area (Å²) in [7, 11) is 1.36. The molecule has 2 aliphatic carbocycles. The minimum atomic E-state index is -1.34. The van der Waals surface area contributed by atoms with Gasteiger partial charge in [0.15, 0.2) is 0 Å². The molecular weight excluding hydrogens is 387 g/mol. The molecule has 0 radical (unpaired) electrons. The zero-order chi connectivity index (χ0) is 17.2. The molecule has 0 N–H and O–H groups in total. The summed E-state index contributed by atoms with van der Waals surface area (Å²) in [6, 6.07) is 0. The first-order valence-corrected chi connectivity index (χ1v) is 15.7. The molecule has 0 saturated carbocycles. The number of hydrogen-bond acceptors (Lipinski definition) is 0. The van der Waals surface area contributed by atoms with Crippen molar-refractivity contribution in [1.82, 2.24) is 0 Å². The van der Waals surface area contributed by atoms with E-state index >= 15 is 0 Å². The molecule has 0 aromatic carbocycles. The molecule has 0 aromatic heterocycles. The Morgan fingerprint density at radius 1 is 0.583 bits per heavy atom. The van der Waals surface area contributed by atoms with Gasteiger partial charge in [-0.15, -0.1) is 0 Å². The quantitative estimate of drug-likeness (QED) is 0.513. The molecule has 0 amide bonds. The minimum absolute atomic E-state index is 0. The monoisotopic (exact) mass is 419 g/mol. The first-order valence-electron chi connectivity index (χ1n) is 8.50. The standard InChI is InChI=1S/2C10H15.2ClH.H3Si.Ti/c2*1-7-6-10(4,5)9(3)8(7)2;;;;/h2*1-5H3;2*1H;1H3;/q;;;;;+2/p-2. The molecule has 135 valence electrons. The Bertz CT molecular complexity index is 618. The van der Waals surface area contributed by atoms with Gasteiger partial charge < -0.3 is 24.8 Å². The fraction of sp³-hybridized carbons (Fsp3) is 0.600. The topological polar surface area (TPSA) is 0 Å². The van der Waals surface area contributed by atoms with Gasteiger partial charge in [0, 0.05) is 0 Å². The van der Waals surface area contributed by atoms with Gasteiger partial charge >= 0.3 is 146 Å². The molecule has 0 nitrogen and oxygen atoms in total. The van der Waals surface area contributed by atoms with E-state index in [9.17, 15) is 0 Å². The Hall–Kier alpha value is 0.471. The van der Waals surface area contributed by atoms with Crippen LogP contribution < -0.4 is 24.8 Å². The van der Waals surface area contributed by atoms with E-state index in [4.69, 9.17) is 0 Å². The second-order valence-corrected chi connectivity index (χ2v) is 16.0. The summed E-state index contributed by atoms with van der Waals surface area (Å²) >= 11 is -1.34. The van der Waals surface area contributed by atoms with E-state index in [0.29, 0.717) is 10.8 Å². The van der Waals surface area contributed by atoms with E-state index in [2.05, 4.69) is 69.2 Å². The van der Waals surface area contributed by atoms with Gasteiger partial charge in [0.25, 0.3) is 0 Å². The van der Waals surface area contributed by atoms with Crippen LogP contribution in [0.15, 0.2) is 41.2 Å². The molecular formula is C20H33Cl2SiTi. The molecule has 0 aromatic rings. The van der Waals surface area contributed by atoms with Crippen LogP contribution in [0.5, 0.6) is 0 Å².